The highest BCUT2D eigenvalue weighted by Crippen LogP contribution is 1.92. The van der Waals surface area contributed by atoms with Crippen LogP contribution in [0.1, 0.15) is 26.2 Å². The number of nitrogens with one attached hydrogen (secondary N) is 1. The first-order chi connectivity index (χ1) is 3.91. The summed E-state index contributed by atoms with van der Waals surface area (Å²) in [6, 6.07) is 0. The Hall–Kier alpha value is 0.480. The maximum Gasteiger partial charge on any atom is 0.0585 e. The molecule has 0 aromatic carbocycles. The van der Waals surface area contributed by atoms with E-state index in [1.807, 2.05) is 0 Å². The molecule has 0 bridgehead atoms. The first kappa shape index (κ1) is 8.48. The van der Waals surface area contributed by atoms with Gasteiger partial charge < -0.3 is 0 Å². The second-order valence-electron chi connectivity index (χ2n) is 1.71. The smallest absolute Gasteiger partial charge is 0.0585 e. The van der Waals surface area contributed by atoms with Gasteiger partial charge in [-0.3, -0.25) is 5.09 Å². The van der Waals surface area contributed by atoms with Crippen LogP contribution in [0.15, 0.2) is 0 Å². The van der Waals surface area contributed by atoms with Gasteiger partial charge in [0.15, 0.2) is 0 Å². The second kappa shape index (κ2) is 7.48. The molecule has 1 N–H and O–H groups in total. The van der Waals surface area contributed by atoms with Crippen LogP contribution in [0.4, 0.5) is 0 Å². The van der Waals surface area contributed by atoms with Crippen molar-refractivity contribution >= 4 is 19.3 Å². The van der Waals surface area contributed by atoms with E-state index in [0.29, 0.717) is 0 Å². The van der Waals surface area contributed by atoms with Crippen molar-refractivity contribution in [2.75, 3.05) is 6.54 Å². The molecule has 1 nitrogen and oxygen atoms in total. The maximum absolute atomic E-state index is 4.66. The van der Waals surface area contributed by atoms with Crippen molar-refractivity contribution in [2.24, 2.45) is 0 Å². The fourth-order valence-electron chi connectivity index (χ4n) is 0.500. The molecule has 0 aliphatic rings. The van der Waals surface area contributed by atoms with Crippen LogP contribution >= 0.6 is 7.51 Å². The van der Waals surface area contributed by atoms with Gasteiger partial charge in [-0.25, -0.2) is 0 Å². The maximum atomic E-state index is 4.66. The van der Waals surface area contributed by atoms with Gasteiger partial charge in [0.2, 0.25) is 0 Å². The summed E-state index contributed by atoms with van der Waals surface area (Å²) in [6.45, 7) is 3.28. The summed E-state index contributed by atoms with van der Waals surface area (Å²) in [5.41, 5.74) is 0. The minimum absolute atomic E-state index is 0.894. The molecular formula is C5H12NPS. The third kappa shape index (κ3) is 6.48. The molecule has 0 unspecified atom stereocenters. The molecule has 0 aliphatic heterocycles. The zero-order chi connectivity index (χ0) is 6.24. The van der Waals surface area contributed by atoms with E-state index in [-0.39, 0.29) is 0 Å². The molecule has 0 fully saturated rings. The van der Waals surface area contributed by atoms with Crippen LogP contribution in [0.25, 0.3) is 0 Å². The lowest BCUT2D eigenvalue weighted by Gasteiger charge is -1.92. The van der Waals surface area contributed by atoms with Gasteiger partial charge in [0, 0.05) is 6.54 Å². The van der Waals surface area contributed by atoms with Gasteiger partial charge in [-0.2, -0.15) is 0 Å². The number of unbranched alkanes of at least 4 members (excludes halogenated alkanes) is 2. The Morgan fingerprint density at radius 3 is 2.75 bits per heavy atom. The lowest BCUT2D eigenvalue weighted by molar-refractivity contribution is 0.709. The Morgan fingerprint density at radius 1 is 1.50 bits per heavy atom. The first-order valence-corrected chi connectivity index (χ1v) is 4.87. The van der Waals surface area contributed by atoms with Crippen molar-refractivity contribution < 1.29 is 0 Å². The van der Waals surface area contributed by atoms with Crippen molar-refractivity contribution in [1.29, 1.82) is 0 Å². The zero-order valence-corrected chi connectivity index (χ0v) is 6.89. The first-order valence-electron chi connectivity index (χ1n) is 2.97. The van der Waals surface area contributed by atoms with Crippen molar-refractivity contribution in [3.8, 4) is 0 Å². The van der Waals surface area contributed by atoms with Gasteiger partial charge in [0.05, 0.1) is 7.51 Å². The minimum Gasteiger partial charge on any atom is -0.262 e. The van der Waals surface area contributed by atoms with E-state index in [2.05, 4.69) is 23.8 Å². The van der Waals surface area contributed by atoms with E-state index in [9.17, 15) is 0 Å². The molecule has 0 heterocycles. The van der Waals surface area contributed by atoms with Gasteiger partial charge in [-0.1, -0.05) is 19.8 Å². The summed E-state index contributed by atoms with van der Waals surface area (Å²) in [6.07, 6.45) is 3.87. The van der Waals surface area contributed by atoms with Gasteiger partial charge in [-0.05, 0) is 18.2 Å². The van der Waals surface area contributed by atoms with Crippen molar-refractivity contribution in [2.45, 2.75) is 26.2 Å². The van der Waals surface area contributed by atoms with Crippen LogP contribution in [0.5, 0.6) is 0 Å². The molecule has 3 heteroatoms. The molecule has 0 saturated carbocycles. The SMILES string of the molecule is CCCCCNP=S. The summed E-state index contributed by atoms with van der Waals surface area (Å²) < 4.78 is 0. The average Bonchev–Trinajstić information content (AvgIpc) is 1.81. The predicted molar refractivity (Wildman–Crippen MR) is 41.8 cm³/mol. The van der Waals surface area contributed by atoms with Gasteiger partial charge in [0.25, 0.3) is 0 Å². The van der Waals surface area contributed by atoms with Gasteiger partial charge in [-0.15, -0.1) is 0 Å². The Balaban J connectivity index is 2.62. The predicted octanol–water partition coefficient (Wildman–Crippen LogP) is 2.09. The number of rotatable bonds is 5. The van der Waals surface area contributed by atoms with Gasteiger partial charge >= 0.3 is 0 Å². The topological polar surface area (TPSA) is 12.0 Å². The Bertz CT molecular complexity index is 58.4. The van der Waals surface area contributed by atoms with Crippen LogP contribution < -0.4 is 5.09 Å². The fourth-order valence-corrected chi connectivity index (χ4v) is 1.02. The van der Waals surface area contributed by atoms with Crippen molar-refractivity contribution in [1.82, 2.24) is 5.09 Å². The van der Waals surface area contributed by atoms with Crippen molar-refractivity contribution in [3.63, 3.8) is 0 Å². The zero-order valence-electron chi connectivity index (χ0n) is 5.18. The lowest BCUT2D eigenvalue weighted by Crippen LogP contribution is -1.99. The fraction of sp³-hybridized carbons (Fsp3) is 1.00. The Labute approximate surface area is 57.8 Å². The Morgan fingerprint density at radius 2 is 2.25 bits per heavy atom. The molecule has 0 rings (SSSR count). The van der Waals surface area contributed by atoms with Crippen molar-refractivity contribution in [3.05, 3.63) is 0 Å². The number of hydrogen-bond acceptors (Lipinski definition) is 1. The summed E-state index contributed by atoms with van der Waals surface area (Å²) in [4.78, 5) is 0. The van der Waals surface area contributed by atoms with Crippen LogP contribution in [0, 0.1) is 0 Å². The highest BCUT2D eigenvalue weighted by atomic mass is 32.4. The molecule has 8 heavy (non-hydrogen) atoms. The van der Waals surface area contributed by atoms with Gasteiger partial charge in [0.1, 0.15) is 0 Å². The molecule has 0 spiro atoms. The Kier molecular flexibility index (Phi) is 7.93. The minimum atomic E-state index is 0.894. The molecule has 0 saturated heterocycles. The lowest BCUT2D eigenvalue weighted by atomic mass is 10.3. The third-order valence-corrected chi connectivity index (χ3v) is 1.70. The van der Waals surface area contributed by atoms with E-state index in [1.54, 1.807) is 0 Å². The van der Waals surface area contributed by atoms with Crippen LogP contribution in [-0.4, -0.2) is 6.54 Å². The summed E-state index contributed by atoms with van der Waals surface area (Å²) in [5.74, 6) is 0. The molecular weight excluding hydrogens is 137 g/mol. The van der Waals surface area contributed by atoms with E-state index >= 15 is 0 Å². The third-order valence-electron chi connectivity index (χ3n) is 0.957. The molecule has 0 aromatic rings. The van der Waals surface area contributed by atoms with E-state index in [4.69, 9.17) is 0 Å². The van der Waals surface area contributed by atoms with E-state index < -0.39 is 0 Å². The molecule has 0 amide bonds. The molecule has 0 aliphatic carbocycles. The highest BCUT2D eigenvalue weighted by molar-refractivity contribution is 7.95. The molecule has 0 atom stereocenters. The van der Waals surface area contributed by atoms with E-state index in [1.165, 1.54) is 19.3 Å². The van der Waals surface area contributed by atoms with Crippen LogP contribution in [0.2, 0.25) is 0 Å². The molecule has 0 radical (unpaired) electrons. The summed E-state index contributed by atoms with van der Waals surface area (Å²) >= 11 is 4.66. The second-order valence-corrected chi connectivity index (χ2v) is 2.75. The highest BCUT2D eigenvalue weighted by Gasteiger charge is 1.81. The number of hydrogen-bond donors (Lipinski definition) is 1. The average molecular weight is 149 g/mol. The summed E-state index contributed by atoms with van der Waals surface area (Å²) in [7, 11) is 0.894. The normalized spacial score (nSPS) is 10.1. The standard InChI is InChI=1S/C5H12NPS/c1-2-3-4-5-6-7-8/h2-5H2,1H3,(H,6,8). The van der Waals surface area contributed by atoms with Crippen LogP contribution in [0.3, 0.4) is 0 Å². The van der Waals surface area contributed by atoms with E-state index in [0.717, 1.165) is 14.1 Å². The largest absolute Gasteiger partial charge is 0.262 e. The quantitative estimate of drug-likeness (QED) is 0.474. The molecule has 0 aromatic heterocycles. The molecule has 48 valence electrons. The summed E-state index contributed by atoms with van der Waals surface area (Å²) in [5, 5.41) is 3.07. The van der Waals surface area contributed by atoms with Crippen LogP contribution in [-0.2, 0) is 11.8 Å². The monoisotopic (exact) mass is 149 g/mol.